The quantitative estimate of drug-likeness (QED) is 0.752. The van der Waals surface area contributed by atoms with E-state index in [2.05, 4.69) is 6.58 Å². The topological polar surface area (TPSA) is 54.0 Å². The zero-order valence-electron chi connectivity index (χ0n) is 15.2. The van der Waals surface area contributed by atoms with Crippen molar-refractivity contribution in [2.75, 3.05) is 21.3 Å². The van der Waals surface area contributed by atoms with Crippen LogP contribution in [0.3, 0.4) is 0 Å². The molecule has 0 bridgehead atoms. The first-order valence-electron chi connectivity index (χ1n) is 8.02. The van der Waals surface area contributed by atoms with Crippen LogP contribution in [0.15, 0.2) is 36.9 Å². The summed E-state index contributed by atoms with van der Waals surface area (Å²) in [6.45, 7) is 6.10. The molecule has 3 rings (SSSR count). The number of hydrogen-bond donors (Lipinski definition) is 0. The van der Waals surface area contributed by atoms with E-state index in [0.717, 1.165) is 28.5 Å². The second kappa shape index (κ2) is 6.96. The van der Waals surface area contributed by atoms with Gasteiger partial charge < -0.3 is 18.9 Å². The number of rotatable bonds is 5. The van der Waals surface area contributed by atoms with Crippen LogP contribution in [0.4, 0.5) is 0 Å². The Morgan fingerprint density at radius 3 is 2.38 bits per heavy atom. The van der Waals surface area contributed by atoms with Gasteiger partial charge in [-0.05, 0) is 30.7 Å². The van der Waals surface area contributed by atoms with E-state index in [4.69, 9.17) is 18.9 Å². The van der Waals surface area contributed by atoms with Gasteiger partial charge in [-0.2, -0.15) is 0 Å². The molecule has 0 aliphatic carbocycles. The first kappa shape index (κ1) is 17.6. The molecule has 134 valence electrons. The van der Waals surface area contributed by atoms with Crippen molar-refractivity contribution < 1.29 is 23.7 Å². The Balaban J connectivity index is 2.09. The van der Waals surface area contributed by atoms with Gasteiger partial charge in [-0.3, -0.25) is 4.79 Å². The lowest BCUT2D eigenvalue weighted by molar-refractivity contribution is 0.112. The van der Waals surface area contributed by atoms with Gasteiger partial charge in [0.25, 0.3) is 0 Å². The van der Waals surface area contributed by atoms with Crippen molar-refractivity contribution in [1.29, 1.82) is 0 Å². The molecule has 2 aromatic rings. The maximum atomic E-state index is 11.1. The molecule has 0 atom stereocenters. The van der Waals surface area contributed by atoms with Crippen LogP contribution in [0.25, 0.3) is 11.3 Å². The smallest absolute Gasteiger partial charge is 0.164 e. The Hall–Kier alpha value is -3.21. The molecule has 2 aromatic carbocycles. The average molecular weight is 352 g/mol. The summed E-state index contributed by atoms with van der Waals surface area (Å²) < 4.78 is 22.3. The molecule has 0 N–H and O–H groups in total. The lowest BCUT2D eigenvalue weighted by atomic mass is 9.95. The molecule has 1 aliphatic heterocycles. The Bertz CT molecular complexity index is 924. The Morgan fingerprint density at radius 1 is 1.04 bits per heavy atom. The summed E-state index contributed by atoms with van der Waals surface area (Å²) in [5, 5.41) is 0. The van der Waals surface area contributed by atoms with Crippen LogP contribution < -0.4 is 18.9 Å². The van der Waals surface area contributed by atoms with Crippen molar-refractivity contribution in [2.45, 2.75) is 6.92 Å². The third kappa shape index (κ3) is 2.81. The summed E-state index contributed by atoms with van der Waals surface area (Å²) in [5.74, 6) is 2.99. The largest absolute Gasteiger partial charge is 0.496 e. The molecular weight excluding hydrogens is 332 g/mol. The highest BCUT2D eigenvalue weighted by molar-refractivity contribution is 5.90. The molecule has 5 heteroatoms. The van der Waals surface area contributed by atoms with Crippen LogP contribution in [0.5, 0.6) is 23.0 Å². The number of methoxy groups -OCH3 is 3. The van der Waals surface area contributed by atoms with Crippen molar-refractivity contribution >= 4 is 17.6 Å². The summed E-state index contributed by atoms with van der Waals surface area (Å²) in [4.78, 5) is 11.1. The van der Waals surface area contributed by atoms with Gasteiger partial charge >= 0.3 is 0 Å². The summed E-state index contributed by atoms with van der Waals surface area (Å²) >= 11 is 0. The Labute approximate surface area is 152 Å². The van der Waals surface area contributed by atoms with Gasteiger partial charge in [-0.25, -0.2) is 0 Å². The first-order valence-corrected chi connectivity index (χ1v) is 8.02. The monoisotopic (exact) mass is 352 g/mol. The predicted molar refractivity (Wildman–Crippen MR) is 100 cm³/mol. The zero-order chi connectivity index (χ0) is 18.8. The second-order valence-corrected chi connectivity index (χ2v) is 5.82. The number of aldehydes is 1. The van der Waals surface area contributed by atoms with Gasteiger partial charge in [-0.15, -0.1) is 0 Å². The second-order valence-electron chi connectivity index (χ2n) is 5.82. The molecule has 1 heterocycles. The van der Waals surface area contributed by atoms with Crippen molar-refractivity contribution in [3.05, 3.63) is 59.2 Å². The SMILES string of the molecule is C=C1C=C(c2ccc(C=O)c(OC)c2)Oc2cc(OC)c(OC)c(C)c21. The van der Waals surface area contributed by atoms with Crippen LogP contribution in [0, 0.1) is 6.92 Å². The number of carbonyl (C=O) groups excluding carboxylic acids is 1. The predicted octanol–water partition coefficient (Wildman–Crippen LogP) is 4.28. The average Bonchev–Trinajstić information content (AvgIpc) is 2.66. The fourth-order valence-corrected chi connectivity index (χ4v) is 3.11. The highest BCUT2D eigenvalue weighted by Gasteiger charge is 2.24. The molecule has 0 amide bonds. The third-order valence-electron chi connectivity index (χ3n) is 4.36. The van der Waals surface area contributed by atoms with E-state index in [0.29, 0.717) is 34.3 Å². The van der Waals surface area contributed by atoms with E-state index in [-0.39, 0.29) is 0 Å². The number of ether oxygens (including phenoxy) is 4. The molecule has 0 saturated heterocycles. The summed E-state index contributed by atoms with van der Waals surface area (Å²) in [6, 6.07) is 7.06. The highest BCUT2D eigenvalue weighted by Crippen LogP contribution is 2.46. The Kier molecular flexibility index (Phi) is 4.71. The zero-order valence-corrected chi connectivity index (χ0v) is 15.2. The highest BCUT2D eigenvalue weighted by atomic mass is 16.5. The Morgan fingerprint density at radius 2 is 1.77 bits per heavy atom. The van der Waals surface area contributed by atoms with Gasteiger partial charge in [-0.1, -0.05) is 12.6 Å². The fraction of sp³-hybridized carbons (Fsp3) is 0.190. The number of benzene rings is 2. The molecule has 0 unspecified atom stereocenters. The van der Waals surface area contributed by atoms with Crippen molar-refractivity contribution in [3.8, 4) is 23.0 Å². The van der Waals surface area contributed by atoms with Gasteiger partial charge in [0.05, 0.1) is 26.9 Å². The molecule has 1 aliphatic rings. The van der Waals surface area contributed by atoms with Crippen molar-refractivity contribution in [2.24, 2.45) is 0 Å². The molecule has 0 aromatic heterocycles. The van der Waals surface area contributed by atoms with E-state index in [1.165, 1.54) is 7.11 Å². The maximum Gasteiger partial charge on any atom is 0.164 e. The minimum Gasteiger partial charge on any atom is -0.496 e. The molecule has 0 fully saturated rings. The van der Waals surface area contributed by atoms with Crippen LogP contribution in [0.1, 0.15) is 27.0 Å². The lowest BCUT2D eigenvalue weighted by Gasteiger charge is -2.24. The fourth-order valence-electron chi connectivity index (χ4n) is 3.11. The van der Waals surface area contributed by atoms with Crippen molar-refractivity contribution in [3.63, 3.8) is 0 Å². The number of allylic oxidation sites excluding steroid dienone is 2. The third-order valence-corrected chi connectivity index (χ3v) is 4.36. The molecule has 0 saturated carbocycles. The first-order chi connectivity index (χ1) is 12.5. The van der Waals surface area contributed by atoms with Gasteiger partial charge in [0, 0.05) is 22.8 Å². The summed E-state index contributed by atoms with van der Waals surface area (Å²) in [5.41, 5.74) is 3.85. The maximum absolute atomic E-state index is 11.1. The summed E-state index contributed by atoms with van der Waals surface area (Å²) in [6.07, 6.45) is 2.62. The van der Waals surface area contributed by atoms with Gasteiger partial charge in [0.2, 0.25) is 0 Å². The van der Waals surface area contributed by atoms with Crippen LogP contribution in [0.2, 0.25) is 0 Å². The standard InChI is InChI=1S/C21H20O5/c1-12-8-17(14-6-7-15(11-22)16(9-14)23-3)26-18-10-19(24-4)21(25-5)13(2)20(12)18/h6-11H,1H2,2-5H3. The lowest BCUT2D eigenvalue weighted by Crippen LogP contribution is -2.07. The van der Waals surface area contributed by atoms with Crippen LogP contribution >= 0.6 is 0 Å². The molecule has 0 radical (unpaired) electrons. The van der Waals surface area contributed by atoms with Crippen LogP contribution in [-0.2, 0) is 0 Å². The minimum atomic E-state index is 0.481. The molecule has 0 spiro atoms. The molecular formula is C21H20O5. The van der Waals surface area contributed by atoms with Crippen LogP contribution in [-0.4, -0.2) is 27.6 Å². The van der Waals surface area contributed by atoms with Gasteiger partial charge in [0.1, 0.15) is 17.3 Å². The van der Waals surface area contributed by atoms with E-state index in [1.54, 1.807) is 32.4 Å². The van der Waals surface area contributed by atoms with E-state index in [1.807, 2.05) is 19.1 Å². The van der Waals surface area contributed by atoms with E-state index < -0.39 is 0 Å². The normalized spacial score (nSPS) is 12.6. The number of carbonyl (C=O) groups is 1. The van der Waals surface area contributed by atoms with E-state index >= 15 is 0 Å². The number of fused-ring (bicyclic) bond motifs is 1. The summed E-state index contributed by atoms with van der Waals surface area (Å²) in [7, 11) is 4.71. The van der Waals surface area contributed by atoms with Gasteiger partial charge in [0.15, 0.2) is 17.8 Å². The van der Waals surface area contributed by atoms with E-state index in [9.17, 15) is 4.79 Å². The molecule has 26 heavy (non-hydrogen) atoms. The molecule has 5 nitrogen and oxygen atoms in total. The number of hydrogen-bond acceptors (Lipinski definition) is 5. The minimum absolute atomic E-state index is 0.481. The van der Waals surface area contributed by atoms with Crippen molar-refractivity contribution in [1.82, 2.24) is 0 Å².